The van der Waals surface area contributed by atoms with Crippen LogP contribution in [0.1, 0.15) is 129 Å². The van der Waals surface area contributed by atoms with Crippen molar-refractivity contribution in [3.8, 4) is 89.3 Å². The van der Waals surface area contributed by atoms with Gasteiger partial charge in [0.1, 0.15) is 0 Å². The SMILES string of the molecule is CC(C)(C)c1ccc(C2=CC(c3cccc(-c4cccc(-c5ccc(C(C)(C)C)cc5)c4)c3N3c4cc(-n5c6ccccc6c6ccccc65)ccc4N4c5ccc(-n6c7ccccc7c7ccccc76)cc5N(c5c(-c6cccc(-c7ccc(C(C)(C)C)cc7)c6)cccc5-c5cccc(-c6ccc(C(C)(C)C)cc6)c5)c5cc(-c6ccccc6)cc3c54)=CCC2)cc1. The van der Waals surface area contributed by atoms with Crippen LogP contribution < -0.4 is 14.7 Å². The summed E-state index contributed by atoms with van der Waals surface area (Å²) in [5, 5.41) is 4.82. The number of rotatable bonds is 13. The Balaban J connectivity index is 0.882. The van der Waals surface area contributed by atoms with Crippen molar-refractivity contribution in [2.75, 3.05) is 14.7 Å². The Hall–Kier alpha value is -14.8. The van der Waals surface area contributed by atoms with Crippen molar-refractivity contribution < 1.29 is 0 Å². The van der Waals surface area contributed by atoms with E-state index in [9.17, 15) is 0 Å². The smallest absolute Gasteiger partial charge is 0.0948 e. The molecule has 22 rings (SSSR count). The molecule has 19 aromatic rings. The molecule has 3 aliphatic rings. The lowest BCUT2D eigenvalue weighted by Gasteiger charge is -2.48. The molecule has 5 nitrogen and oxygen atoms in total. The van der Waals surface area contributed by atoms with E-state index in [2.05, 4.69) is 501 Å². The summed E-state index contributed by atoms with van der Waals surface area (Å²) < 4.78 is 5.00. The van der Waals surface area contributed by atoms with Gasteiger partial charge in [-0.3, -0.25) is 0 Å². The number of allylic oxidation sites excluding steroid dienone is 4. The summed E-state index contributed by atoms with van der Waals surface area (Å²) in [7, 11) is 0. The number of hydrogen-bond donors (Lipinski definition) is 0. The van der Waals surface area contributed by atoms with Crippen LogP contribution in [-0.4, -0.2) is 9.13 Å². The number of benzene rings is 17. The van der Waals surface area contributed by atoms with E-state index in [0.717, 1.165) is 164 Å². The number of para-hydroxylation sites is 6. The molecule has 0 spiro atoms. The third-order valence-corrected chi connectivity index (χ3v) is 27.3. The fourth-order valence-corrected chi connectivity index (χ4v) is 20.4. The van der Waals surface area contributed by atoms with E-state index in [1.807, 2.05) is 0 Å². The Kier molecular flexibility index (Phi) is 19.3. The zero-order valence-corrected chi connectivity index (χ0v) is 75.7. The Labute approximate surface area is 759 Å². The van der Waals surface area contributed by atoms with Crippen LogP contribution in [0.15, 0.2) is 394 Å². The fourth-order valence-electron chi connectivity index (χ4n) is 20.4. The first kappa shape index (κ1) is 80.1. The van der Waals surface area contributed by atoms with Gasteiger partial charge in [0, 0.05) is 55.2 Å². The average molecular weight is 1670 g/mol. The lowest BCUT2D eigenvalue weighted by atomic mass is 9.84. The fraction of sp³-hybridized carbons (Fsp3) is 0.145. The van der Waals surface area contributed by atoms with Crippen molar-refractivity contribution in [3.05, 3.63) is 428 Å². The van der Waals surface area contributed by atoms with Gasteiger partial charge in [-0.2, -0.15) is 0 Å². The predicted molar refractivity (Wildman–Crippen MR) is 551 cm³/mol. The van der Waals surface area contributed by atoms with E-state index < -0.39 is 0 Å². The molecule has 0 saturated carbocycles. The van der Waals surface area contributed by atoms with Gasteiger partial charge in [0.05, 0.1) is 73.3 Å². The Morgan fingerprint density at radius 1 is 0.209 bits per heavy atom. The highest BCUT2D eigenvalue weighted by atomic mass is 15.3. The van der Waals surface area contributed by atoms with Crippen molar-refractivity contribution in [2.24, 2.45) is 0 Å². The van der Waals surface area contributed by atoms with Gasteiger partial charge in [0.2, 0.25) is 0 Å². The van der Waals surface area contributed by atoms with Crippen molar-refractivity contribution in [3.63, 3.8) is 0 Å². The van der Waals surface area contributed by atoms with Crippen LogP contribution in [0.5, 0.6) is 0 Å². The molecule has 0 radical (unpaired) electrons. The molecule has 0 unspecified atom stereocenters. The molecule has 129 heavy (non-hydrogen) atoms. The second kappa shape index (κ2) is 31.1. The zero-order valence-electron chi connectivity index (χ0n) is 75.7. The van der Waals surface area contributed by atoms with Crippen LogP contribution in [0, 0.1) is 0 Å². The van der Waals surface area contributed by atoms with Crippen LogP contribution >= 0.6 is 0 Å². The maximum atomic E-state index is 2.72. The minimum Gasteiger partial charge on any atom is -0.309 e. The van der Waals surface area contributed by atoms with Crippen molar-refractivity contribution in [1.29, 1.82) is 0 Å². The molecule has 0 bridgehead atoms. The summed E-state index contributed by atoms with van der Waals surface area (Å²) in [6.45, 7) is 27.6. The van der Waals surface area contributed by atoms with Gasteiger partial charge in [-0.05, 0) is 226 Å². The quantitative estimate of drug-likeness (QED) is 0.115. The van der Waals surface area contributed by atoms with Crippen LogP contribution in [0.25, 0.3) is 144 Å². The molecule has 4 heterocycles. The monoisotopic (exact) mass is 1660 g/mol. The highest BCUT2D eigenvalue weighted by molar-refractivity contribution is 6.19. The summed E-state index contributed by atoms with van der Waals surface area (Å²) in [6.07, 6.45) is 6.82. The molecule has 0 N–H and O–H groups in total. The Morgan fingerprint density at radius 2 is 0.512 bits per heavy atom. The van der Waals surface area contributed by atoms with Crippen molar-refractivity contribution in [2.45, 2.75) is 118 Å². The number of hydrogen-bond acceptors (Lipinski definition) is 3. The first-order valence-corrected chi connectivity index (χ1v) is 45.8. The lowest BCUT2D eigenvalue weighted by Crippen LogP contribution is -2.31. The van der Waals surface area contributed by atoms with Gasteiger partial charge in [-0.1, -0.05) is 386 Å². The van der Waals surface area contributed by atoms with Crippen LogP contribution in [0.4, 0.5) is 51.2 Å². The van der Waals surface area contributed by atoms with Crippen LogP contribution in [0.2, 0.25) is 0 Å². The first-order chi connectivity index (χ1) is 62.5. The summed E-state index contributed by atoms with van der Waals surface area (Å²) >= 11 is 0. The number of aromatic nitrogens is 2. The minimum atomic E-state index is -0.0113. The molecule has 2 aromatic heterocycles. The van der Waals surface area contributed by atoms with E-state index in [-0.39, 0.29) is 21.7 Å². The van der Waals surface area contributed by atoms with E-state index in [0.29, 0.717) is 0 Å². The van der Waals surface area contributed by atoms with Gasteiger partial charge >= 0.3 is 0 Å². The van der Waals surface area contributed by atoms with Crippen molar-refractivity contribution in [1.82, 2.24) is 9.13 Å². The van der Waals surface area contributed by atoms with E-state index in [1.54, 1.807) is 0 Å². The third kappa shape index (κ3) is 14.1. The van der Waals surface area contributed by atoms with Crippen LogP contribution in [-0.2, 0) is 21.7 Å². The highest BCUT2D eigenvalue weighted by Crippen LogP contribution is 2.68. The molecule has 0 fully saturated rings. The normalized spacial score (nSPS) is 13.4. The maximum absolute atomic E-state index is 2.72. The van der Waals surface area contributed by atoms with E-state index in [4.69, 9.17) is 0 Å². The van der Waals surface area contributed by atoms with Gasteiger partial charge in [0.15, 0.2) is 0 Å². The summed E-state index contributed by atoms with van der Waals surface area (Å²) in [6, 6.07) is 146. The molecule has 626 valence electrons. The standard InChI is InChI=1S/C124H105N5/c1-121(2,3)94-60-52-81(53-61-94)85-32-24-36-89(72-85)100-44-28-45-101(90-37-25-33-86(73-90)82-54-62-95(63-55-82)122(4,5)6)118(100)128-114-78-98(125-108-48-20-16-40-104(108)105-41-17-21-49-109(105)125)68-70-112(114)127-113-71-69-99(126-110-50-22-18-42-106(110)107-43-19-23-51-111(107)126)79-115(113)129(117-77-93(76-116(128)120(117)127)80-30-14-13-15-31-80)119-102(91-38-26-34-87(74-91)83-56-64-96(65-57-83)123(7,8)9)46-29-47-103(119)92-39-27-35-88(75-92)84-58-66-97(67-59-84)124(10,11)12/h13-26,28-34,36-79H,27,35H2,1-12H3. The molecule has 0 amide bonds. The maximum Gasteiger partial charge on any atom is 0.0948 e. The van der Waals surface area contributed by atoms with E-state index in [1.165, 1.54) is 77.2 Å². The third-order valence-electron chi connectivity index (χ3n) is 27.3. The van der Waals surface area contributed by atoms with Gasteiger partial charge in [0.25, 0.3) is 0 Å². The topological polar surface area (TPSA) is 19.6 Å². The first-order valence-electron chi connectivity index (χ1n) is 45.8. The van der Waals surface area contributed by atoms with Gasteiger partial charge in [-0.15, -0.1) is 0 Å². The molecule has 1 aliphatic carbocycles. The molecule has 17 aromatic carbocycles. The second-order valence-electron chi connectivity index (χ2n) is 39.6. The molecular weight excluding hydrogens is 1560 g/mol. The number of fused-ring (bicyclic) bond motifs is 10. The zero-order chi connectivity index (χ0) is 87.9. The number of anilines is 9. The van der Waals surface area contributed by atoms with Crippen LogP contribution in [0.3, 0.4) is 0 Å². The Morgan fingerprint density at radius 3 is 0.884 bits per heavy atom. The lowest BCUT2D eigenvalue weighted by molar-refractivity contribution is 0.590. The molecule has 0 atom stereocenters. The van der Waals surface area contributed by atoms with Gasteiger partial charge < -0.3 is 23.8 Å². The number of nitrogens with zero attached hydrogens (tertiary/aromatic N) is 5. The largest absolute Gasteiger partial charge is 0.309 e. The second-order valence-corrected chi connectivity index (χ2v) is 39.6. The molecule has 0 saturated heterocycles. The molecule has 5 heteroatoms. The minimum absolute atomic E-state index is 0.00438. The average Bonchev–Trinajstić information content (AvgIpc) is 1.54. The van der Waals surface area contributed by atoms with Crippen molar-refractivity contribution >= 4 is 106 Å². The van der Waals surface area contributed by atoms with E-state index >= 15 is 0 Å². The Bertz CT molecular complexity index is 7500. The highest BCUT2D eigenvalue weighted by Gasteiger charge is 2.44. The summed E-state index contributed by atoms with van der Waals surface area (Å²) in [5.74, 6) is 0. The van der Waals surface area contributed by atoms with Gasteiger partial charge in [-0.25, -0.2) is 0 Å². The predicted octanol–water partition coefficient (Wildman–Crippen LogP) is 35.0. The summed E-state index contributed by atoms with van der Waals surface area (Å²) in [4.78, 5) is 8.07. The molecular formula is C124H105N5. The summed E-state index contributed by atoms with van der Waals surface area (Å²) in [5.41, 5.74) is 41.8. The molecule has 2 aliphatic heterocycles.